The number of hydrogen-bond donors (Lipinski definition) is 0. The van der Waals surface area contributed by atoms with Crippen molar-refractivity contribution >= 4 is 16.9 Å². The molecule has 1 atom stereocenters. The molecule has 1 unspecified atom stereocenters. The average molecular weight is 452 g/mol. The summed E-state index contributed by atoms with van der Waals surface area (Å²) >= 11 is 0. The third-order valence-corrected chi connectivity index (χ3v) is 5.82. The summed E-state index contributed by atoms with van der Waals surface area (Å²) < 4.78 is 22.8. The van der Waals surface area contributed by atoms with Gasteiger partial charge in [0, 0.05) is 13.7 Å². The average Bonchev–Trinajstić information content (AvgIpc) is 3.06. The third kappa shape index (κ3) is 3.97. The number of hydrogen-bond acceptors (Lipinski definition) is 6. The molecule has 0 bridgehead atoms. The molecule has 0 radical (unpaired) electrons. The van der Waals surface area contributed by atoms with Gasteiger partial charge in [0.15, 0.2) is 16.9 Å². The second-order valence-electron chi connectivity index (χ2n) is 8.10. The van der Waals surface area contributed by atoms with E-state index in [1.165, 1.54) is 0 Å². The highest BCUT2D eigenvalue weighted by Crippen LogP contribution is 2.41. The number of carbonyl (C=O) groups excluding carboxylic acids is 1. The van der Waals surface area contributed by atoms with E-state index >= 15 is 0 Å². The monoisotopic (exact) mass is 451 g/mol. The zero-order valence-electron chi connectivity index (χ0n) is 19.7. The minimum atomic E-state index is -0.612. The molecule has 0 N–H and O–H groups in total. The van der Waals surface area contributed by atoms with Gasteiger partial charge in [0.2, 0.25) is 5.76 Å². The van der Waals surface area contributed by atoms with Crippen molar-refractivity contribution in [2.24, 2.45) is 0 Å². The largest absolute Gasteiger partial charge is 0.490 e. The lowest BCUT2D eigenvalue weighted by atomic mass is 9.97. The lowest BCUT2D eigenvalue weighted by Crippen LogP contribution is -2.32. The summed E-state index contributed by atoms with van der Waals surface area (Å²) in [7, 11) is 1.58. The molecule has 0 saturated carbocycles. The molecule has 0 fully saturated rings. The van der Waals surface area contributed by atoms with Gasteiger partial charge in [0.25, 0.3) is 5.91 Å². The van der Waals surface area contributed by atoms with Crippen molar-refractivity contribution in [1.82, 2.24) is 4.90 Å². The molecule has 4 rings (SSSR count). The molecule has 7 nitrogen and oxygen atoms in total. The molecule has 0 spiro atoms. The van der Waals surface area contributed by atoms with Crippen LogP contribution in [-0.2, 0) is 4.74 Å². The zero-order chi connectivity index (χ0) is 23.7. The van der Waals surface area contributed by atoms with Gasteiger partial charge >= 0.3 is 0 Å². The Hall–Kier alpha value is -3.32. The highest BCUT2D eigenvalue weighted by Gasteiger charge is 2.43. The first-order valence-electron chi connectivity index (χ1n) is 11.2. The summed E-state index contributed by atoms with van der Waals surface area (Å²) in [6.07, 6.45) is 0. The van der Waals surface area contributed by atoms with E-state index in [0.717, 1.165) is 16.7 Å². The maximum atomic E-state index is 13.7. The smallest absolute Gasteiger partial charge is 0.290 e. The SMILES string of the molecule is CCOc1ccc(C2c3c(oc4c(C)cc(C)cc4c3=O)C(=O)N2CCOC)cc1OCC. The number of methoxy groups -OCH3 is 1. The van der Waals surface area contributed by atoms with Crippen LogP contribution in [0.5, 0.6) is 11.5 Å². The molecule has 1 aliphatic heterocycles. The van der Waals surface area contributed by atoms with E-state index in [0.29, 0.717) is 54.4 Å². The Balaban J connectivity index is 1.95. The molecule has 1 aliphatic rings. The van der Waals surface area contributed by atoms with E-state index < -0.39 is 6.04 Å². The van der Waals surface area contributed by atoms with E-state index in [9.17, 15) is 9.59 Å². The van der Waals surface area contributed by atoms with Gasteiger partial charge in [0.1, 0.15) is 5.58 Å². The van der Waals surface area contributed by atoms with Gasteiger partial charge < -0.3 is 23.5 Å². The topological polar surface area (TPSA) is 78.2 Å². The lowest BCUT2D eigenvalue weighted by molar-refractivity contribution is 0.0663. The second kappa shape index (κ2) is 9.27. The molecule has 174 valence electrons. The van der Waals surface area contributed by atoms with Gasteiger partial charge in [-0.25, -0.2) is 0 Å². The van der Waals surface area contributed by atoms with Gasteiger partial charge in [0.05, 0.1) is 36.8 Å². The summed E-state index contributed by atoms with van der Waals surface area (Å²) in [4.78, 5) is 28.8. The van der Waals surface area contributed by atoms with Gasteiger partial charge in [-0.15, -0.1) is 0 Å². The minimum absolute atomic E-state index is 0.0902. The molecule has 33 heavy (non-hydrogen) atoms. The highest BCUT2D eigenvalue weighted by molar-refractivity contribution is 5.99. The number of benzene rings is 2. The van der Waals surface area contributed by atoms with Crippen molar-refractivity contribution in [3.63, 3.8) is 0 Å². The van der Waals surface area contributed by atoms with Crippen molar-refractivity contribution in [1.29, 1.82) is 0 Å². The second-order valence-corrected chi connectivity index (χ2v) is 8.10. The molecular formula is C26H29NO6. The van der Waals surface area contributed by atoms with E-state index in [-0.39, 0.29) is 17.1 Å². The molecule has 3 aromatic rings. The standard InChI is InChI=1S/C26H29NO6/c1-6-31-19-9-8-17(14-20(19)32-7-2)22-21-23(28)18-13-15(3)12-16(4)24(18)33-25(21)26(29)27(22)10-11-30-5/h8-9,12-14,22H,6-7,10-11H2,1-5H3. The fourth-order valence-corrected chi connectivity index (χ4v) is 4.48. The lowest BCUT2D eigenvalue weighted by Gasteiger charge is -2.25. The third-order valence-electron chi connectivity index (χ3n) is 5.82. The zero-order valence-corrected chi connectivity index (χ0v) is 19.7. The van der Waals surface area contributed by atoms with E-state index in [4.69, 9.17) is 18.6 Å². The summed E-state index contributed by atoms with van der Waals surface area (Å²) in [5.41, 5.74) is 3.14. The summed E-state index contributed by atoms with van der Waals surface area (Å²) in [5, 5.41) is 0.480. The Kier molecular flexibility index (Phi) is 6.42. The van der Waals surface area contributed by atoms with Crippen LogP contribution in [0.25, 0.3) is 11.0 Å². The van der Waals surface area contributed by atoms with Crippen LogP contribution < -0.4 is 14.9 Å². The Labute approximate surface area is 192 Å². The molecule has 2 heterocycles. The minimum Gasteiger partial charge on any atom is -0.490 e. The van der Waals surface area contributed by atoms with Gasteiger partial charge in [-0.3, -0.25) is 9.59 Å². The van der Waals surface area contributed by atoms with Gasteiger partial charge in [-0.1, -0.05) is 12.1 Å². The van der Waals surface area contributed by atoms with Crippen molar-refractivity contribution in [3.05, 3.63) is 68.6 Å². The number of ether oxygens (including phenoxy) is 3. The molecule has 7 heteroatoms. The molecule has 0 aliphatic carbocycles. The summed E-state index contributed by atoms with van der Waals surface area (Å²) in [6, 6.07) is 8.67. The molecule has 2 aromatic carbocycles. The predicted molar refractivity (Wildman–Crippen MR) is 125 cm³/mol. The quantitative estimate of drug-likeness (QED) is 0.505. The summed E-state index contributed by atoms with van der Waals surface area (Å²) in [6.45, 7) is 9.22. The summed E-state index contributed by atoms with van der Waals surface area (Å²) in [5.74, 6) is 0.958. The van der Waals surface area contributed by atoms with E-state index in [1.807, 2.05) is 58.0 Å². The van der Waals surface area contributed by atoms with Crippen molar-refractivity contribution in [3.8, 4) is 11.5 Å². The fourth-order valence-electron chi connectivity index (χ4n) is 4.48. The van der Waals surface area contributed by atoms with Crippen LogP contribution in [0.2, 0.25) is 0 Å². The first-order valence-corrected chi connectivity index (χ1v) is 11.2. The first kappa shape index (κ1) is 22.9. The number of nitrogens with zero attached hydrogens (tertiary/aromatic N) is 1. The number of rotatable bonds is 8. The van der Waals surface area contributed by atoms with Gasteiger partial charge in [-0.05, 0) is 62.6 Å². The van der Waals surface area contributed by atoms with Crippen LogP contribution >= 0.6 is 0 Å². The normalized spacial score (nSPS) is 15.2. The van der Waals surface area contributed by atoms with E-state index in [1.54, 1.807) is 12.0 Å². The molecule has 1 aromatic heterocycles. The molecule has 1 amide bonds. The number of aryl methyl sites for hydroxylation is 2. The first-order chi connectivity index (χ1) is 15.9. The molecular weight excluding hydrogens is 422 g/mol. The van der Waals surface area contributed by atoms with Gasteiger partial charge in [-0.2, -0.15) is 0 Å². The Morgan fingerprint density at radius 2 is 1.73 bits per heavy atom. The molecule has 0 saturated heterocycles. The van der Waals surface area contributed by atoms with E-state index in [2.05, 4.69) is 0 Å². The van der Waals surface area contributed by atoms with Crippen LogP contribution in [0.15, 0.2) is 39.5 Å². The Morgan fingerprint density at radius 1 is 1.00 bits per heavy atom. The van der Waals surface area contributed by atoms with Crippen LogP contribution in [0.4, 0.5) is 0 Å². The van der Waals surface area contributed by atoms with Crippen LogP contribution in [0.3, 0.4) is 0 Å². The van der Waals surface area contributed by atoms with Crippen molar-refractivity contribution < 1.29 is 23.4 Å². The number of amides is 1. The van der Waals surface area contributed by atoms with Crippen LogP contribution in [0, 0.1) is 13.8 Å². The van der Waals surface area contributed by atoms with Crippen molar-refractivity contribution in [2.45, 2.75) is 33.7 Å². The van der Waals surface area contributed by atoms with Crippen molar-refractivity contribution in [2.75, 3.05) is 33.5 Å². The maximum absolute atomic E-state index is 13.7. The fraction of sp³-hybridized carbons (Fsp3) is 0.385. The highest BCUT2D eigenvalue weighted by atomic mass is 16.5. The number of carbonyl (C=O) groups is 1. The number of fused-ring (bicyclic) bond motifs is 2. The van der Waals surface area contributed by atoms with Crippen LogP contribution in [0.1, 0.15) is 52.7 Å². The Morgan fingerprint density at radius 3 is 2.42 bits per heavy atom. The maximum Gasteiger partial charge on any atom is 0.290 e. The Bertz CT molecular complexity index is 1260. The predicted octanol–water partition coefficient (Wildman–Crippen LogP) is 4.40. The van der Waals surface area contributed by atoms with Crippen LogP contribution in [-0.4, -0.2) is 44.3 Å².